The molecule has 0 spiro atoms. The molecule has 1 amide bonds. The quantitative estimate of drug-likeness (QED) is 0.744. The Labute approximate surface area is 94.7 Å². The van der Waals surface area contributed by atoms with Gasteiger partial charge in [0.2, 0.25) is 5.91 Å². The lowest BCUT2D eigenvalue weighted by Gasteiger charge is -2.21. The predicted molar refractivity (Wildman–Crippen MR) is 62.5 cm³/mol. The van der Waals surface area contributed by atoms with Crippen molar-refractivity contribution in [2.75, 3.05) is 11.4 Å². The number of amides is 1. The van der Waals surface area contributed by atoms with E-state index in [2.05, 4.69) is 0 Å². The van der Waals surface area contributed by atoms with Gasteiger partial charge in [-0.3, -0.25) is 4.79 Å². The van der Waals surface area contributed by atoms with Crippen molar-refractivity contribution in [3.63, 3.8) is 0 Å². The molecule has 86 valence electrons. The fourth-order valence-electron chi connectivity index (χ4n) is 2.31. The lowest BCUT2D eigenvalue weighted by atomic mass is 10.1. The Morgan fingerprint density at radius 3 is 2.38 bits per heavy atom. The lowest BCUT2D eigenvalue weighted by Crippen LogP contribution is -2.29. The summed E-state index contributed by atoms with van der Waals surface area (Å²) in [5, 5.41) is 9.45. The summed E-state index contributed by atoms with van der Waals surface area (Å²) in [6.45, 7) is 4.34. The summed E-state index contributed by atoms with van der Waals surface area (Å²) in [5.41, 5.74) is 8.46. The summed E-state index contributed by atoms with van der Waals surface area (Å²) in [7, 11) is 0. The summed E-state index contributed by atoms with van der Waals surface area (Å²) in [5.74, 6) is 0.291. The van der Waals surface area contributed by atoms with Gasteiger partial charge in [-0.2, -0.15) is 0 Å². The highest BCUT2D eigenvalue weighted by molar-refractivity contribution is 5.97. The third-order valence-corrected chi connectivity index (χ3v) is 2.90. The standard InChI is InChI=1S/C12H16N2O2/c1-7-3-10(15)4-8(2)12(7)14-6-9(13)5-11(14)16/h3-4,9,15H,5-6,13H2,1-2H3. The molecule has 1 atom stereocenters. The zero-order chi connectivity index (χ0) is 11.9. The molecule has 1 fully saturated rings. The molecule has 2 rings (SSSR count). The van der Waals surface area contributed by atoms with E-state index in [9.17, 15) is 9.90 Å². The number of carbonyl (C=O) groups is 1. The minimum Gasteiger partial charge on any atom is -0.508 e. The average molecular weight is 220 g/mol. The molecule has 1 aromatic rings. The highest BCUT2D eigenvalue weighted by Crippen LogP contribution is 2.31. The molecule has 1 aromatic carbocycles. The van der Waals surface area contributed by atoms with E-state index < -0.39 is 0 Å². The van der Waals surface area contributed by atoms with E-state index in [1.54, 1.807) is 17.0 Å². The fraction of sp³-hybridized carbons (Fsp3) is 0.417. The van der Waals surface area contributed by atoms with Gasteiger partial charge >= 0.3 is 0 Å². The number of phenolic OH excluding ortho intramolecular Hbond substituents is 1. The molecule has 16 heavy (non-hydrogen) atoms. The summed E-state index contributed by atoms with van der Waals surface area (Å²) in [6.07, 6.45) is 0.403. The van der Waals surface area contributed by atoms with Gasteiger partial charge in [-0.05, 0) is 37.1 Å². The molecule has 0 aliphatic carbocycles. The van der Waals surface area contributed by atoms with Gasteiger partial charge in [0.1, 0.15) is 5.75 Å². The Kier molecular flexibility index (Phi) is 2.59. The van der Waals surface area contributed by atoms with Gasteiger partial charge in [0, 0.05) is 24.7 Å². The van der Waals surface area contributed by atoms with Crippen LogP contribution in [0.1, 0.15) is 17.5 Å². The number of phenols is 1. The molecule has 0 radical (unpaired) electrons. The van der Waals surface area contributed by atoms with Gasteiger partial charge in [0.05, 0.1) is 0 Å². The first-order valence-corrected chi connectivity index (χ1v) is 5.35. The Hall–Kier alpha value is -1.55. The highest BCUT2D eigenvalue weighted by Gasteiger charge is 2.29. The van der Waals surface area contributed by atoms with E-state index >= 15 is 0 Å². The molecule has 4 nitrogen and oxygen atoms in total. The number of anilines is 1. The Balaban J connectivity index is 2.44. The SMILES string of the molecule is Cc1cc(O)cc(C)c1N1CC(N)CC1=O. The summed E-state index contributed by atoms with van der Waals surface area (Å²) >= 11 is 0. The number of aromatic hydroxyl groups is 1. The van der Waals surface area contributed by atoms with Crippen molar-refractivity contribution in [1.29, 1.82) is 0 Å². The second-order valence-electron chi connectivity index (χ2n) is 4.40. The number of nitrogens with two attached hydrogens (primary N) is 1. The van der Waals surface area contributed by atoms with Crippen LogP contribution in [-0.4, -0.2) is 23.6 Å². The molecular formula is C12H16N2O2. The zero-order valence-corrected chi connectivity index (χ0v) is 9.53. The van der Waals surface area contributed by atoms with Gasteiger partial charge in [0.25, 0.3) is 0 Å². The average Bonchev–Trinajstić information content (AvgIpc) is 2.43. The number of rotatable bonds is 1. The summed E-state index contributed by atoms with van der Waals surface area (Å²) in [6, 6.07) is 3.25. The zero-order valence-electron chi connectivity index (χ0n) is 9.53. The third kappa shape index (κ3) is 1.76. The molecule has 1 heterocycles. The van der Waals surface area contributed by atoms with E-state index in [1.165, 1.54) is 0 Å². The second kappa shape index (κ2) is 3.79. The van der Waals surface area contributed by atoms with Gasteiger partial charge < -0.3 is 15.7 Å². The smallest absolute Gasteiger partial charge is 0.228 e. The van der Waals surface area contributed by atoms with Crippen LogP contribution in [0.15, 0.2) is 12.1 Å². The number of carbonyl (C=O) groups excluding carboxylic acids is 1. The van der Waals surface area contributed by atoms with Crippen molar-refractivity contribution in [2.45, 2.75) is 26.3 Å². The maximum Gasteiger partial charge on any atom is 0.228 e. The number of benzene rings is 1. The number of nitrogens with zero attached hydrogens (tertiary/aromatic N) is 1. The van der Waals surface area contributed by atoms with Crippen LogP contribution in [0.4, 0.5) is 5.69 Å². The fourth-order valence-corrected chi connectivity index (χ4v) is 2.31. The molecule has 3 N–H and O–H groups in total. The van der Waals surface area contributed by atoms with E-state index in [0.717, 1.165) is 16.8 Å². The normalized spacial score (nSPS) is 20.6. The molecule has 0 saturated carbocycles. The van der Waals surface area contributed by atoms with Crippen LogP contribution >= 0.6 is 0 Å². The van der Waals surface area contributed by atoms with Crippen LogP contribution < -0.4 is 10.6 Å². The Morgan fingerprint density at radius 1 is 1.38 bits per heavy atom. The monoisotopic (exact) mass is 220 g/mol. The Bertz CT molecular complexity index is 420. The largest absolute Gasteiger partial charge is 0.508 e. The van der Waals surface area contributed by atoms with Crippen LogP contribution in [0.3, 0.4) is 0 Å². The second-order valence-corrected chi connectivity index (χ2v) is 4.40. The molecule has 0 aromatic heterocycles. The van der Waals surface area contributed by atoms with Crippen molar-refractivity contribution in [2.24, 2.45) is 5.73 Å². The minimum atomic E-state index is -0.0832. The molecule has 1 saturated heterocycles. The van der Waals surface area contributed by atoms with Crippen LogP contribution in [0.5, 0.6) is 5.75 Å². The van der Waals surface area contributed by atoms with Crippen molar-refractivity contribution in [3.05, 3.63) is 23.3 Å². The molecule has 1 aliphatic heterocycles. The number of hydrogen-bond acceptors (Lipinski definition) is 3. The van der Waals surface area contributed by atoms with Crippen molar-refractivity contribution < 1.29 is 9.90 Å². The van der Waals surface area contributed by atoms with Crippen LogP contribution in [0.25, 0.3) is 0 Å². The van der Waals surface area contributed by atoms with Gasteiger partial charge in [-0.1, -0.05) is 0 Å². The summed E-state index contributed by atoms with van der Waals surface area (Å²) < 4.78 is 0. The topological polar surface area (TPSA) is 66.6 Å². The van der Waals surface area contributed by atoms with Gasteiger partial charge in [-0.15, -0.1) is 0 Å². The van der Waals surface area contributed by atoms with E-state index in [1.807, 2.05) is 13.8 Å². The third-order valence-electron chi connectivity index (χ3n) is 2.90. The number of hydrogen-bond donors (Lipinski definition) is 2. The summed E-state index contributed by atoms with van der Waals surface area (Å²) in [4.78, 5) is 13.5. The first kappa shape index (κ1) is 11.0. The van der Waals surface area contributed by atoms with E-state index in [0.29, 0.717) is 13.0 Å². The molecule has 1 unspecified atom stereocenters. The first-order valence-electron chi connectivity index (χ1n) is 5.35. The molecular weight excluding hydrogens is 204 g/mol. The van der Waals surface area contributed by atoms with Crippen LogP contribution in [0.2, 0.25) is 0 Å². The first-order chi connectivity index (χ1) is 7.49. The van der Waals surface area contributed by atoms with Crippen molar-refractivity contribution in [1.82, 2.24) is 0 Å². The van der Waals surface area contributed by atoms with Crippen LogP contribution in [0, 0.1) is 13.8 Å². The molecule has 4 heteroatoms. The van der Waals surface area contributed by atoms with Crippen LogP contribution in [-0.2, 0) is 4.79 Å². The minimum absolute atomic E-state index is 0.0596. The van der Waals surface area contributed by atoms with Gasteiger partial charge in [0.15, 0.2) is 0 Å². The predicted octanol–water partition coefficient (Wildman–Crippen LogP) is 1.07. The lowest BCUT2D eigenvalue weighted by molar-refractivity contribution is -0.117. The maximum absolute atomic E-state index is 11.8. The molecule has 0 bridgehead atoms. The highest BCUT2D eigenvalue weighted by atomic mass is 16.3. The van der Waals surface area contributed by atoms with E-state index in [-0.39, 0.29) is 17.7 Å². The number of aryl methyl sites for hydroxylation is 2. The van der Waals surface area contributed by atoms with E-state index in [4.69, 9.17) is 5.73 Å². The van der Waals surface area contributed by atoms with Gasteiger partial charge in [-0.25, -0.2) is 0 Å². The maximum atomic E-state index is 11.8. The van der Waals surface area contributed by atoms with Crippen molar-refractivity contribution in [3.8, 4) is 5.75 Å². The Morgan fingerprint density at radius 2 is 1.94 bits per heavy atom. The molecule has 1 aliphatic rings. The van der Waals surface area contributed by atoms with Crippen molar-refractivity contribution >= 4 is 11.6 Å².